The Labute approximate surface area is 124 Å². The first-order valence-corrected chi connectivity index (χ1v) is 6.22. The molecule has 1 aliphatic heterocycles. The Hall–Kier alpha value is -2.87. The van der Waals surface area contributed by atoms with E-state index in [4.69, 9.17) is 4.74 Å². The van der Waals surface area contributed by atoms with E-state index in [9.17, 15) is 19.5 Å². The van der Waals surface area contributed by atoms with Crippen molar-refractivity contribution in [3.63, 3.8) is 0 Å². The highest BCUT2D eigenvalue weighted by molar-refractivity contribution is 5.94. The number of cyclic esters (lactones) is 1. The number of aromatic hydroxyl groups is 1. The van der Waals surface area contributed by atoms with Gasteiger partial charge in [0.25, 0.3) is 5.56 Å². The van der Waals surface area contributed by atoms with Crippen LogP contribution in [0.25, 0.3) is 0 Å². The van der Waals surface area contributed by atoms with Gasteiger partial charge in [-0.3, -0.25) is 13.9 Å². The summed E-state index contributed by atoms with van der Waals surface area (Å²) in [6, 6.07) is 6.62. The van der Waals surface area contributed by atoms with E-state index in [0.29, 0.717) is 11.1 Å². The van der Waals surface area contributed by atoms with E-state index < -0.39 is 29.2 Å². The largest absolute Gasteiger partial charge is 0.494 e. The molecular weight excluding hydrogens is 290 g/mol. The van der Waals surface area contributed by atoms with E-state index in [0.717, 1.165) is 9.13 Å². The molecule has 0 fully saturated rings. The quantitative estimate of drug-likeness (QED) is 0.725. The molecule has 0 saturated carbocycles. The molecule has 1 atom stereocenters. The Morgan fingerprint density at radius 1 is 1.09 bits per heavy atom. The summed E-state index contributed by atoms with van der Waals surface area (Å²) in [4.78, 5) is 35.8. The highest BCUT2D eigenvalue weighted by Crippen LogP contribution is 2.36. The number of aromatic nitrogens is 2. The first kappa shape index (κ1) is 15.5. The summed E-state index contributed by atoms with van der Waals surface area (Å²) < 4.78 is 7.00. The van der Waals surface area contributed by atoms with Crippen LogP contribution in [0.15, 0.2) is 33.9 Å². The predicted molar refractivity (Wildman–Crippen MR) is 77.3 cm³/mol. The molecule has 3 rings (SSSR count). The van der Waals surface area contributed by atoms with Crippen LogP contribution in [-0.4, -0.2) is 20.2 Å². The summed E-state index contributed by atoms with van der Waals surface area (Å²) in [5.41, 5.74) is -0.631. The molecular formula is C14H15N3O5. The average Bonchev–Trinajstić information content (AvgIpc) is 2.81. The van der Waals surface area contributed by atoms with Crippen LogP contribution in [0.5, 0.6) is 5.88 Å². The minimum Gasteiger partial charge on any atom is -0.494 e. The van der Waals surface area contributed by atoms with Crippen LogP contribution >= 0.6 is 0 Å². The standard InChI is InChI=1S/C14H12N2O5.H3N/c1-15-11(17)9(12(18)16(2)14(15)20)10-7-5-3-4-6-8(7)13(19)21-10;/h3-6,10,17H,1-2H3;1H3. The number of fused-ring (bicyclic) bond motifs is 1. The minimum atomic E-state index is -1.01. The maximum absolute atomic E-state index is 12.3. The summed E-state index contributed by atoms with van der Waals surface area (Å²) >= 11 is 0. The van der Waals surface area contributed by atoms with Gasteiger partial charge in [-0.15, -0.1) is 0 Å². The van der Waals surface area contributed by atoms with E-state index in [2.05, 4.69) is 0 Å². The Kier molecular flexibility index (Phi) is 3.63. The van der Waals surface area contributed by atoms with E-state index in [1.165, 1.54) is 14.1 Å². The summed E-state index contributed by atoms with van der Waals surface area (Å²) in [5, 5.41) is 10.1. The smallest absolute Gasteiger partial charge is 0.339 e. The Morgan fingerprint density at radius 2 is 1.73 bits per heavy atom. The molecule has 4 N–H and O–H groups in total. The number of hydrogen-bond acceptors (Lipinski definition) is 6. The highest BCUT2D eigenvalue weighted by atomic mass is 16.5. The SMILES string of the molecule is Cn1c(O)c(C2OC(=O)c3ccccc32)c(=O)n(C)c1=O.N. The van der Waals surface area contributed by atoms with Gasteiger partial charge < -0.3 is 16.0 Å². The summed E-state index contributed by atoms with van der Waals surface area (Å²) in [6.45, 7) is 0. The van der Waals surface area contributed by atoms with Gasteiger partial charge >= 0.3 is 11.7 Å². The van der Waals surface area contributed by atoms with Crippen molar-refractivity contribution in [2.75, 3.05) is 0 Å². The molecule has 116 valence electrons. The maximum atomic E-state index is 12.3. The Morgan fingerprint density at radius 3 is 2.41 bits per heavy atom. The molecule has 0 saturated heterocycles. The maximum Gasteiger partial charge on any atom is 0.339 e. The molecule has 0 amide bonds. The lowest BCUT2D eigenvalue weighted by molar-refractivity contribution is 0.0448. The van der Waals surface area contributed by atoms with Crippen LogP contribution < -0.4 is 17.4 Å². The van der Waals surface area contributed by atoms with Crippen LogP contribution in [0.4, 0.5) is 0 Å². The fourth-order valence-corrected chi connectivity index (χ4v) is 2.45. The lowest BCUT2D eigenvalue weighted by atomic mass is 10.0. The van der Waals surface area contributed by atoms with Crippen LogP contribution in [0.3, 0.4) is 0 Å². The molecule has 1 aromatic carbocycles. The number of ether oxygens (including phenoxy) is 1. The lowest BCUT2D eigenvalue weighted by Gasteiger charge is -2.15. The molecule has 1 unspecified atom stereocenters. The van der Waals surface area contributed by atoms with Gasteiger partial charge in [0.1, 0.15) is 5.56 Å². The third-order valence-electron chi connectivity index (χ3n) is 3.62. The molecule has 1 aliphatic rings. The fourth-order valence-electron chi connectivity index (χ4n) is 2.45. The Balaban J connectivity index is 0.00000176. The van der Waals surface area contributed by atoms with Crippen molar-refractivity contribution >= 4 is 5.97 Å². The molecule has 22 heavy (non-hydrogen) atoms. The number of nitrogens with zero attached hydrogens (tertiary/aromatic N) is 2. The van der Waals surface area contributed by atoms with Crippen molar-refractivity contribution in [2.45, 2.75) is 6.10 Å². The van der Waals surface area contributed by atoms with Crippen LogP contribution in [0, 0.1) is 0 Å². The number of carbonyl (C=O) groups excluding carboxylic acids is 1. The van der Waals surface area contributed by atoms with E-state index in [1.807, 2.05) is 0 Å². The lowest BCUT2D eigenvalue weighted by Crippen LogP contribution is -2.39. The molecule has 0 radical (unpaired) electrons. The van der Waals surface area contributed by atoms with Crippen molar-refractivity contribution < 1.29 is 14.6 Å². The first-order valence-electron chi connectivity index (χ1n) is 6.22. The third kappa shape index (κ3) is 1.92. The number of rotatable bonds is 1. The van der Waals surface area contributed by atoms with E-state index in [1.54, 1.807) is 24.3 Å². The molecule has 0 bridgehead atoms. The van der Waals surface area contributed by atoms with Gasteiger partial charge in [0, 0.05) is 19.7 Å². The third-order valence-corrected chi connectivity index (χ3v) is 3.62. The van der Waals surface area contributed by atoms with Crippen LogP contribution in [0.2, 0.25) is 0 Å². The van der Waals surface area contributed by atoms with Gasteiger partial charge in [-0.25, -0.2) is 9.59 Å². The van der Waals surface area contributed by atoms with Gasteiger partial charge in [-0.2, -0.15) is 0 Å². The summed E-state index contributed by atoms with van der Waals surface area (Å²) in [6.07, 6.45) is -1.01. The van der Waals surface area contributed by atoms with E-state index in [-0.39, 0.29) is 11.7 Å². The monoisotopic (exact) mass is 305 g/mol. The molecule has 2 aromatic rings. The second-order valence-corrected chi connectivity index (χ2v) is 4.82. The van der Waals surface area contributed by atoms with Crippen molar-refractivity contribution in [3.05, 3.63) is 61.8 Å². The zero-order valence-corrected chi connectivity index (χ0v) is 12.1. The van der Waals surface area contributed by atoms with Gasteiger partial charge in [-0.05, 0) is 6.07 Å². The highest BCUT2D eigenvalue weighted by Gasteiger charge is 2.36. The van der Waals surface area contributed by atoms with Crippen LogP contribution in [-0.2, 0) is 18.8 Å². The first-order chi connectivity index (χ1) is 9.93. The van der Waals surface area contributed by atoms with Crippen molar-refractivity contribution in [1.29, 1.82) is 0 Å². The Bertz CT molecular complexity index is 881. The van der Waals surface area contributed by atoms with E-state index >= 15 is 0 Å². The average molecular weight is 305 g/mol. The molecule has 8 heteroatoms. The van der Waals surface area contributed by atoms with Gasteiger partial charge in [0.15, 0.2) is 6.10 Å². The zero-order chi connectivity index (χ0) is 15.3. The fraction of sp³-hybridized carbons (Fsp3) is 0.214. The number of benzene rings is 1. The predicted octanol–water partition coefficient (Wildman–Crippen LogP) is 0.211. The molecule has 8 nitrogen and oxygen atoms in total. The van der Waals surface area contributed by atoms with Crippen molar-refractivity contribution in [1.82, 2.24) is 15.3 Å². The van der Waals surface area contributed by atoms with Gasteiger partial charge in [-0.1, -0.05) is 18.2 Å². The number of hydrogen-bond donors (Lipinski definition) is 2. The summed E-state index contributed by atoms with van der Waals surface area (Å²) in [5.74, 6) is -1.07. The number of esters is 1. The van der Waals surface area contributed by atoms with Gasteiger partial charge in [0.05, 0.1) is 5.56 Å². The zero-order valence-electron chi connectivity index (χ0n) is 12.1. The minimum absolute atomic E-state index is 0. The van der Waals surface area contributed by atoms with Gasteiger partial charge in [0.2, 0.25) is 5.88 Å². The van der Waals surface area contributed by atoms with Crippen molar-refractivity contribution in [2.24, 2.45) is 14.1 Å². The number of carbonyl (C=O) groups is 1. The molecule has 1 aromatic heterocycles. The normalized spacial score (nSPS) is 15.9. The molecule has 2 heterocycles. The second-order valence-electron chi connectivity index (χ2n) is 4.82. The molecule has 0 aliphatic carbocycles. The van der Waals surface area contributed by atoms with Crippen LogP contribution in [0.1, 0.15) is 27.6 Å². The summed E-state index contributed by atoms with van der Waals surface area (Å²) in [7, 11) is 2.64. The molecule has 0 spiro atoms. The second kappa shape index (κ2) is 5.15. The topological polar surface area (TPSA) is 126 Å². The van der Waals surface area contributed by atoms with Crippen molar-refractivity contribution in [3.8, 4) is 5.88 Å².